The molecule has 1 saturated carbocycles. The lowest BCUT2D eigenvalue weighted by atomic mass is 10.1. The van der Waals surface area contributed by atoms with Crippen molar-refractivity contribution in [3.05, 3.63) is 64.8 Å². The van der Waals surface area contributed by atoms with E-state index < -0.39 is 5.92 Å². The van der Waals surface area contributed by atoms with Crippen molar-refractivity contribution in [3.63, 3.8) is 0 Å². The molecule has 3 aromatic rings. The second-order valence-electron chi connectivity index (χ2n) is 8.70. The molecule has 1 aliphatic heterocycles. The maximum atomic E-state index is 12.9. The smallest absolute Gasteiger partial charge is 0.346 e. The van der Waals surface area contributed by atoms with Crippen LogP contribution in [0.2, 0.25) is 0 Å². The molecular formula is C24H26N6O3. The first-order valence-corrected chi connectivity index (χ1v) is 11.3. The van der Waals surface area contributed by atoms with Gasteiger partial charge in [-0.2, -0.15) is 0 Å². The molecule has 3 heterocycles. The first kappa shape index (κ1) is 21.1. The maximum absolute atomic E-state index is 12.9. The Morgan fingerprint density at radius 3 is 2.64 bits per heavy atom. The van der Waals surface area contributed by atoms with E-state index >= 15 is 0 Å². The molecular weight excluding hydrogens is 420 g/mol. The molecule has 9 nitrogen and oxygen atoms in total. The molecule has 0 bridgehead atoms. The highest BCUT2D eigenvalue weighted by atomic mass is 16.2. The molecule has 1 aliphatic carbocycles. The van der Waals surface area contributed by atoms with Crippen LogP contribution in [-0.2, 0) is 16.1 Å². The lowest BCUT2D eigenvalue weighted by Gasteiger charge is -2.17. The van der Waals surface area contributed by atoms with Crippen molar-refractivity contribution < 1.29 is 9.59 Å². The fraction of sp³-hybridized carbons (Fsp3) is 0.375. The van der Waals surface area contributed by atoms with E-state index in [0.717, 1.165) is 29.7 Å². The van der Waals surface area contributed by atoms with E-state index in [1.165, 1.54) is 4.68 Å². The molecule has 1 atom stereocenters. The summed E-state index contributed by atoms with van der Waals surface area (Å²) in [5, 5.41) is 7.40. The fourth-order valence-electron chi connectivity index (χ4n) is 4.21. The zero-order chi connectivity index (χ0) is 22.9. The Labute approximate surface area is 191 Å². The molecule has 2 fully saturated rings. The zero-order valence-corrected chi connectivity index (χ0v) is 18.5. The summed E-state index contributed by atoms with van der Waals surface area (Å²) in [5.74, 6) is -0.0396. The Bertz CT molecular complexity index is 1230. The second kappa shape index (κ2) is 8.65. The molecule has 0 radical (unpaired) electrons. The Kier molecular flexibility index (Phi) is 5.53. The van der Waals surface area contributed by atoms with E-state index in [1.807, 2.05) is 43.3 Å². The Morgan fingerprint density at radius 1 is 1.15 bits per heavy atom. The SMILES string of the molecule is Cc1ccc(N2C[C@@H](C(=O)NCCn3nc(-c4cccnc4)n(C4CC4)c3=O)CC2=O)cc1. The number of aromatic nitrogens is 4. The molecule has 2 amide bonds. The first-order valence-electron chi connectivity index (χ1n) is 11.3. The normalized spacial score (nSPS) is 18.0. The highest BCUT2D eigenvalue weighted by Gasteiger charge is 2.35. The van der Waals surface area contributed by atoms with E-state index in [4.69, 9.17) is 0 Å². The third-order valence-electron chi connectivity index (χ3n) is 6.17. The quantitative estimate of drug-likeness (QED) is 0.597. The van der Waals surface area contributed by atoms with Crippen molar-refractivity contribution in [3.8, 4) is 11.4 Å². The van der Waals surface area contributed by atoms with Crippen LogP contribution in [0, 0.1) is 12.8 Å². The van der Waals surface area contributed by atoms with Crippen molar-refractivity contribution in [2.24, 2.45) is 5.92 Å². The van der Waals surface area contributed by atoms with Crippen LogP contribution in [0.15, 0.2) is 53.6 Å². The summed E-state index contributed by atoms with van der Waals surface area (Å²) < 4.78 is 3.13. The number of aryl methyl sites for hydroxylation is 1. The van der Waals surface area contributed by atoms with E-state index in [1.54, 1.807) is 21.9 Å². The van der Waals surface area contributed by atoms with E-state index in [-0.39, 0.29) is 43.1 Å². The van der Waals surface area contributed by atoms with Crippen LogP contribution in [0.3, 0.4) is 0 Å². The summed E-state index contributed by atoms with van der Waals surface area (Å²) >= 11 is 0. The van der Waals surface area contributed by atoms with Gasteiger partial charge in [-0.05, 0) is 44.0 Å². The van der Waals surface area contributed by atoms with Gasteiger partial charge >= 0.3 is 5.69 Å². The monoisotopic (exact) mass is 446 g/mol. The van der Waals surface area contributed by atoms with E-state index in [2.05, 4.69) is 15.4 Å². The van der Waals surface area contributed by atoms with E-state index in [0.29, 0.717) is 12.4 Å². The molecule has 33 heavy (non-hydrogen) atoms. The number of carbonyl (C=O) groups is 2. The molecule has 0 spiro atoms. The Morgan fingerprint density at radius 2 is 1.94 bits per heavy atom. The van der Waals surface area contributed by atoms with Gasteiger partial charge < -0.3 is 10.2 Å². The number of carbonyl (C=O) groups excluding carboxylic acids is 2. The molecule has 5 rings (SSSR count). The van der Waals surface area contributed by atoms with Gasteiger partial charge in [0, 0.05) is 49.2 Å². The predicted molar refractivity (Wildman–Crippen MR) is 123 cm³/mol. The van der Waals surface area contributed by atoms with Crippen LogP contribution < -0.4 is 15.9 Å². The number of pyridine rings is 1. The molecule has 1 aromatic carbocycles. The summed E-state index contributed by atoms with van der Waals surface area (Å²) in [4.78, 5) is 43.9. The van der Waals surface area contributed by atoms with Crippen molar-refractivity contribution in [2.45, 2.75) is 38.8 Å². The molecule has 0 unspecified atom stereocenters. The maximum Gasteiger partial charge on any atom is 0.346 e. The van der Waals surface area contributed by atoms with Crippen molar-refractivity contribution in [1.82, 2.24) is 24.6 Å². The lowest BCUT2D eigenvalue weighted by Crippen LogP contribution is -2.36. The van der Waals surface area contributed by atoms with Crippen LogP contribution in [-0.4, -0.2) is 44.2 Å². The van der Waals surface area contributed by atoms with Crippen LogP contribution in [0.5, 0.6) is 0 Å². The van der Waals surface area contributed by atoms with E-state index in [9.17, 15) is 14.4 Å². The topological polar surface area (TPSA) is 102 Å². The largest absolute Gasteiger partial charge is 0.354 e. The summed E-state index contributed by atoms with van der Waals surface area (Å²) in [6, 6.07) is 11.6. The number of amides is 2. The molecule has 2 aromatic heterocycles. The van der Waals surface area contributed by atoms with Gasteiger partial charge in [-0.25, -0.2) is 9.48 Å². The minimum atomic E-state index is -0.412. The summed E-state index contributed by atoms with van der Waals surface area (Å²) in [7, 11) is 0. The number of nitrogens with zero attached hydrogens (tertiary/aromatic N) is 5. The van der Waals surface area contributed by atoms with Gasteiger partial charge in [0.15, 0.2) is 5.82 Å². The highest BCUT2D eigenvalue weighted by molar-refractivity contribution is 6.00. The molecule has 2 aliphatic rings. The summed E-state index contributed by atoms with van der Waals surface area (Å²) in [6.45, 7) is 2.88. The lowest BCUT2D eigenvalue weighted by molar-refractivity contribution is -0.126. The third-order valence-corrected chi connectivity index (χ3v) is 6.17. The molecule has 1 N–H and O–H groups in total. The first-order chi connectivity index (χ1) is 16.0. The second-order valence-corrected chi connectivity index (χ2v) is 8.70. The third kappa shape index (κ3) is 4.30. The van der Waals surface area contributed by atoms with Crippen molar-refractivity contribution >= 4 is 17.5 Å². The van der Waals surface area contributed by atoms with Gasteiger partial charge in [-0.15, -0.1) is 5.10 Å². The standard InChI is InChI=1S/C24H26N6O3/c1-16-4-6-19(7-5-16)28-15-18(13-21(28)31)23(32)26-11-12-29-24(33)30(20-8-9-20)22(27-29)17-3-2-10-25-14-17/h2-7,10,14,18,20H,8-9,11-13,15H2,1H3,(H,26,32)/t18-/m0/s1. The minimum absolute atomic E-state index is 0.0560. The average Bonchev–Trinajstić information content (AvgIpc) is 3.50. The van der Waals surface area contributed by atoms with Gasteiger partial charge in [-0.3, -0.25) is 19.1 Å². The van der Waals surface area contributed by atoms with Gasteiger partial charge in [0.1, 0.15) is 0 Å². The highest BCUT2D eigenvalue weighted by Crippen LogP contribution is 2.36. The zero-order valence-electron chi connectivity index (χ0n) is 18.5. The van der Waals surface area contributed by atoms with Crippen LogP contribution in [0.25, 0.3) is 11.4 Å². The number of anilines is 1. The van der Waals surface area contributed by atoms with Crippen LogP contribution in [0.4, 0.5) is 5.69 Å². The van der Waals surface area contributed by atoms with Gasteiger partial charge in [0.2, 0.25) is 11.8 Å². The van der Waals surface area contributed by atoms with Gasteiger partial charge in [0.25, 0.3) is 0 Å². The molecule has 1 saturated heterocycles. The fourth-order valence-corrected chi connectivity index (χ4v) is 4.21. The number of rotatable bonds is 7. The average molecular weight is 447 g/mol. The number of benzene rings is 1. The van der Waals surface area contributed by atoms with Crippen molar-refractivity contribution in [1.29, 1.82) is 0 Å². The minimum Gasteiger partial charge on any atom is -0.354 e. The Balaban J connectivity index is 1.22. The van der Waals surface area contributed by atoms with Gasteiger partial charge in [-0.1, -0.05) is 17.7 Å². The van der Waals surface area contributed by atoms with Gasteiger partial charge in [0.05, 0.1) is 12.5 Å². The summed E-state index contributed by atoms with van der Waals surface area (Å²) in [5.41, 5.74) is 2.55. The van der Waals surface area contributed by atoms with Crippen molar-refractivity contribution in [2.75, 3.05) is 18.0 Å². The number of hydrogen-bond acceptors (Lipinski definition) is 5. The molecule has 9 heteroatoms. The predicted octanol–water partition coefficient (Wildman–Crippen LogP) is 1.92. The Hall–Kier alpha value is -3.75. The van der Waals surface area contributed by atoms with Crippen LogP contribution in [0.1, 0.15) is 30.9 Å². The van der Waals surface area contributed by atoms with Crippen LogP contribution >= 0.6 is 0 Å². The summed E-state index contributed by atoms with van der Waals surface area (Å²) in [6.07, 6.45) is 5.49. The number of hydrogen-bond donors (Lipinski definition) is 1. The molecule has 170 valence electrons. The number of nitrogens with one attached hydrogen (secondary N) is 1.